The number of hydrogen-bond acceptors (Lipinski definition) is 2. The Morgan fingerprint density at radius 1 is 1.17 bits per heavy atom. The topological polar surface area (TPSA) is 32.3 Å². The number of nitrogens with zero attached hydrogens (tertiary/aromatic N) is 1. The largest absolute Gasteiger partial charge is 0.349 e. The Bertz CT molecular complexity index is 700. The maximum absolute atomic E-state index is 13.9. The minimum atomic E-state index is -0.177. The molecule has 0 unspecified atom stereocenters. The van der Waals surface area contributed by atoms with Crippen LogP contribution in [0.5, 0.6) is 0 Å². The monoisotopic (exact) mass is 390 g/mol. The summed E-state index contributed by atoms with van der Waals surface area (Å²) in [7, 11) is 0. The number of nitrogens with one attached hydrogen (secondary N) is 1. The summed E-state index contributed by atoms with van der Waals surface area (Å²) in [5, 5.41) is 3.09. The van der Waals surface area contributed by atoms with E-state index in [1.54, 1.807) is 0 Å². The van der Waals surface area contributed by atoms with E-state index in [0.717, 1.165) is 30.4 Å². The van der Waals surface area contributed by atoms with Crippen LogP contribution in [-0.2, 0) is 6.54 Å². The first-order valence-electron chi connectivity index (χ1n) is 8.14. The minimum Gasteiger partial charge on any atom is -0.349 e. The van der Waals surface area contributed by atoms with Crippen molar-refractivity contribution in [2.24, 2.45) is 0 Å². The Kier molecular flexibility index (Phi) is 5.63. The lowest BCUT2D eigenvalue weighted by Gasteiger charge is -2.32. The van der Waals surface area contributed by atoms with Crippen molar-refractivity contribution >= 4 is 21.8 Å². The maximum atomic E-state index is 13.9. The molecule has 24 heavy (non-hydrogen) atoms. The Balaban J connectivity index is 1.50. The van der Waals surface area contributed by atoms with Crippen LogP contribution in [0.4, 0.5) is 4.39 Å². The average Bonchev–Trinajstić information content (AvgIpc) is 2.60. The van der Waals surface area contributed by atoms with E-state index in [-0.39, 0.29) is 17.8 Å². The number of carbonyl (C=O) groups is 1. The van der Waals surface area contributed by atoms with Gasteiger partial charge in [0.25, 0.3) is 5.91 Å². The van der Waals surface area contributed by atoms with Gasteiger partial charge >= 0.3 is 0 Å². The van der Waals surface area contributed by atoms with Gasteiger partial charge in [-0.15, -0.1) is 0 Å². The molecule has 1 amide bonds. The Morgan fingerprint density at radius 2 is 1.88 bits per heavy atom. The molecule has 0 radical (unpaired) electrons. The summed E-state index contributed by atoms with van der Waals surface area (Å²) in [4.78, 5) is 14.4. The summed E-state index contributed by atoms with van der Waals surface area (Å²) in [5.74, 6) is -0.197. The number of rotatable bonds is 4. The zero-order chi connectivity index (χ0) is 16.9. The van der Waals surface area contributed by atoms with E-state index in [0.29, 0.717) is 17.7 Å². The van der Waals surface area contributed by atoms with Crippen LogP contribution < -0.4 is 5.32 Å². The molecule has 5 heteroatoms. The summed E-state index contributed by atoms with van der Waals surface area (Å²) in [5.41, 5.74) is 1.40. The van der Waals surface area contributed by atoms with Gasteiger partial charge in [-0.25, -0.2) is 4.39 Å². The van der Waals surface area contributed by atoms with E-state index in [4.69, 9.17) is 0 Å². The average molecular weight is 391 g/mol. The zero-order valence-electron chi connectivity index (χ0n) is 13.3. The van der Waals surface area contributed by atoms with E-state index < -0.39 is 0 Å². The molecule has 0 bridgehead atoms. The Hall–Kier alpha value is -1.72. The van der Waals surface area contributed by atoms with Gasteiger partial charge in [0.2, 0.25) is 0 Å². The lowest BCUT2D eigenvalue weighted by atomic mass is 10.0. The standard InChI is InChI=1S/C19H20BrFN2O/c20-16-7-6-15(18(21)12-16)13-23-10-8-17(9-11-23)22-19(24)14-4-2-1-3-5-14/h1-7,12,17H,8-11,13H2,(H,22,24). The number of carbonyl (C=O) groups excluding carboxylic acids is 1. The van der Waals surface area contributed by atoms with Crippen LogP contribution in [-0.4, -0.2) is 29.9 Å². The molecular weight excluding hydrogens is 371 g/mol. The second kappa shape index (κ2) is 7.90. The van der Waals surface area contributed by atoms with Crippen molar-refractivity contribution in [1.29, 1.82) is 0 Å². The van der Waals surface area contributed by atoms with E-state index in [9.17, 15) is 9.18 Å². The predicted molar refractivity (Wildman–Crippen MR) is 96.3 cm³/mol. The van der Waals surface area contributed by atoms with Gasteiger partial charge in [-0.3, -0.25) is 9.69 Å². The van der Waals surface area contributed by atoms with Crippen LogP contribution >= 0.6 is 15.9 Å². The van der Waals surface area contributed by atoms with Crippen molar-refractivity contribution in [3.63, 3.8) is 0 Å². The molecule has 0 aliphatic carbocycles. The molecule has 0 aromatic heterocycles. The second-order valence-corrected chi connectivity index (χ2v) is 7.04. The van der Waals surface area contributed by atoms with Crippen molar-refractivity contribution in [3.8, 4) is 0 Å². The summed E-state index contributed by atoms with van der Waals surface area (Å²) in [6.07, 6.45) is 1.77. The van der Waals surface area contributed by atoms with Crippen LogP contribution in [0.3, 0.4) is 0 Å². The number of piperidine rings is 1. The quantitative estimate of drug-likeness (QED) is 0.855. The van der Waals surface area contributed by atoms with Gasteiger partial charge in [0.1, 0.15) is 5.82 Å². The summed E-state index contributed by atoms with van der Waals surface area (Å²) in [6, 6.07) is 14.6. The van der Waals surface area contributed by atoms with Gasteiger partial charge in [-0.1, -0.05) is 40.2 Å². The fraction of sp³-hybridized carbons (Fsp3) is 0.316. The second-order valence-electron chi connectivity index (χ2n) is 6.13. The first kappa shape index (κ1) is 17.1. The van der Waals surface area contributed by atoms with Crippen molar-refractivity contribution in [1.82, 2.24) is 10.2 Å². The number of halogens is 2. The lowest BCUT2D eigenvalue weighted by molar-refractivity contribution is 0.0908. The number of likely N-dealkylation sites (tertiary alicyclic amines) is 1. The van der Waals surface area contributed by atoms with Gasteiger partial charge in [0.15, 0.2) is 0 Å². The van der Waals surface area contributed by atoms with Gasteiger partial charge in [-0.2, -0.15) is 0 Å². The predicted octanol–water partition coefficient (Wildman–Crippen LogP) is 3.98. The molecule has 2 aromatic carbocycles. The van der Waals surface area contributed by atoms with Crippen molar-refractivity contribution in [2.45, 2.75) is 25.4 Å². The highest BCUT2D eigenvalue weighted by Gasteiger charge is 2.21. The van der Waals surface area contributed by atoms with Gasteiger partial charge in [-0.05, 0) is 37.1 Å². The molecule has 0 spiro atoms. The van der Waals surface area contributed by atoms with Gasteiger partial charge in [0.05, 0.1) is 0 Å². The highest BCUT2D eigenvalue weighted by Crippen LogP contribution is 2.19. The third kappa shape index (κ3) is 4.42. The number of benzene rings is 2. The van der Waals surface area contributed by atoms with E-state index in [1.807, 2.05) is 42.5 Å². The molecule has 1 saturated heterocycles. The van der Waals surface area contributed by atoms with Crippen LogP contribution in [0.25, 0.3) is 0 Å². The molecule has 1 aliphatic heterocycles. The molecule has 1 aliphatic rings. The number of amides is 1. The first-order valence-corrected chi connectivity index (χ1v) is 8.93. The van der Waals surface area contributed by atoms with Crippen LogP contribution in [0, 0.1) is 5.82 Å². The minimum absolute atomic E-state index is 0.0204. The smallest absolute Gasteiger partial charge is 0.251 e. The molecule has 3 rings (SSSR count). The maximum Gasteiger partial charge on any atom is 0.251 e. The van der Waals surface area contributed by atoms with E-state index >= 15 is 0 Å². The molecule has 0 atom stereocenters. The van der Waals surface area contributed by atoms with E-state index in [1.165, 1.54) is 6.07 Å². The highest BCUT2D eigenvalue weighted by atomic mass is 79.9. The third-order valence-electron chi connectivity index (χ3n) is 4.37. The van der Waals surface area contributed by atoms with E-state index in [2.05, 4.69) is 26.1 Å². The SMILES string of the molecule is O=C(NC1CCN(Cc2ccc(Br)cc2F)CC1)c1ccccc1. The summed E-state index contributed by atoms with van der Waals surface area (Å²) in [6.45, 7) is 2.32. The fourth-order valence-corrected chi connectivity index (χ4v) is 3.32. The fourth-order valence-electron chi connectivity index (χ4n) is 2.98. The molecule has 1 N–H and O–H groups in total. The Morgan fingerprint density at radius 3 is 2.54 bits per heavy atom. The van der Waals surface area contributed by atoms with Crippen LogP contribution in [0.15, 0.2) is 53.0 Å². The summed E-state index contributed by atoms with van der Waals surface area (Å²) < 4.78 is 14.7. The highest BCUT2D eigenvalue weighted by molar-refractivity contribution is 9.10. The van der Waals surface area contributed by atoms with Crippen molar-refractivity contribution in [3.05, 3.63) is 69.9 Å². The third-order valence-corrected chi connectivity index (χ3v) is 4.86. The molecule has 0 saturated carbocycles. The molecular formula is C19H20BrFN2O. The van der Waals surface area contributed by atoms with Gasteiger partial charge < -0.3 is 5.32 Å². The Labute approximate surface area is 150 Å². The first-order chi connectivity index (χ1) is 11.6. The van der Waals surface area contributed by atoms with Crippen LogP contribution in [0.1, 0.15) is 28.8 Å². The van der Waals surface area contributed by atoms with Crippen molar-refractivity contribution < 1.29 is 9.18 Å². The molecule has 1 fully saturated rings. The zero-order valence-corrected chi connectivity index (χ0v) is 14.9. The number of hydrogen-bond donors (Lipinski definition) is 1. The summed E-state index contributed by atoms with van der Waals surface area (Å²) >= 11 is 3.28. The van der Waals surface area contributed by atoms with Crippen LogP contribution in [0.2, 0.25) is 0 Å². The normalized spacial score (nSPS) is 16.1. The molecule has 126 valence electrons. The molecule has 1 heterocycles. The van der Waals surface area contributed by atoms with Crippen molar-refractivity contribution in [2.75, 3.05) is 13.1 Å². The van der Waals surface area contributed by atoms with Gasteiger partial charge in [0, 0.05) is 41.3 Å². The molecule has 2 aromatic rings. The molecule has 3 nitrogen and oxygen atoms in total. The lowest BCUT2D eigenvalue weighted by Crippen LogP contribution is -2.44.